The summed E-state index contributed by atoms with van der Waals surface area (Å²) in [6.07, 6.45) is 3.76. The lowest BCUT2D eigenvalue weighted by Gasteiger charge is -2.61. The van der Waals surface area contributed by atoms with Crippen LogP contribution < -0.4 is 4.74 Å². The number of carbonyl (C=O) groups is 2. The van der Waals surface area contributed by atoms with E-state index in [0.29, 0.717) is 18.6 Å². The fraction of sp³-hybridized carbons (Fsp3) is 0.474. The monoisotopic (exact) mass is 341 g/mol. The van der Waals surface area contributed by atoms with Gasteiger partial charge in [0.25, 0.3) is 0 Å². The number of hydrogen-bond acceptors (Lipinski definition) is 6. The summed E-state index contributed by atoms with van der Waals surface area (Å²) in [7, 11) is 2.02. The second-order valence-electron chi connectivity index (χ2n) is 7.49. The number of rotatable bonds is 1. The number of phenols is 1. The molecule has 1 N–H and O–H groups in total. The van der Waals surface area contributed by atoms with Crippen LogP contribution in [0, 0.1) is 0 Å². The van der Waals surface area contributed by atoms with Gasteiger partial charge < -0.3 is 14.6 Å². The second kappa shape index (κ2) is 4.43. The predicted molar refractivity (Wildman–Crippen MR) is 87.6 cm³/mol. The van der Waals surface area contributed by atoms with E-state index in [2.05, 4.69) is 4.90 Å². The molecule has 4 atom stereocenters. The maximum atomic E-state index is 12.7. The first kappa shape index (κ1) is 15.0. The van der Waals surface area contributed by atoms with Crippen molar-refractivity contribution in [3.05, 3.63) is 35.4 Å². The molecule has 2 heterocycles. The Morgan fingerprint density at radius 3 is 3.00 bits per heavy atom. The first-order chi connectivity index (χ1) is 11.9. The molecule has 1 spiro atoms. The zero-order chi connectivity index (χ0) is 17.6. The molecule has 25 heavy (non-hydrogen) atoms. The average Bonchev–Trinajstić information content (AvgIpc) is 2.91. The topological polar surface area (TPSA) is 76.1 Å². The van der Waals surface area contributed by atoms with E-state index in [1.54, 1.807) is 12.1 Å². The number of likely N-dealkylation sites (tertiary alicyclic amines) is 1. The van der Waals surface area contributed by atoms with Gasteiger partial charge in [-0.3, -0.25) is 14.5 Å². The first-order valence-electron chi connectivity index (χ1n) is 8.55. The smallest absolute Gasteiger partial charge is 0.303 e. The van der Waals surface area contributed by atoms with Gasteiger partial charge in [0.05, 0.1) is 11.5 Å². The molecule has 0 aromatic heterocycles. The summed E-state index contributed by atoms with van der Waals surface area (Å²) < 4.78 is 12.0. The van der Waals surface area contributed by atoms with Crippen LogP contribution in [0.15, 0.2) is 24.3 Å². The number of benzene rings is 1. The molecule has 1 fully saturated rings. The van der Waals surface area contributed by atoms with E-state index < -0.39 is 17.1 Å². The van der Waals surface area contributed by atoms with E-state index in [1.807, 2.05) is 13.1 Å². The van der Waals surface area contributed by atoms with Crippen molar-refractivity contribution in [2.24, 2.45) is 0 Å². The van der Waals surface area contributed by atoms with Crippen molar-refractivity contribution in [3.63, 3.8) is 0 Å². The number of nitrogens with zero attached hydrogens (tertiary/aromatic N) is 1. The van der Waals surface area contributed by atoms with Crippen molar-refractivity contribution >= 4 is 11.8 Å². The molecule has 6 heteroatoms. The van der Waals surface area contributed by atoms with Crippen molar-refractivity contribution in [1.29, 1.82) is 0 Å². The Hall–Kier alpha value is -2.34. The van der Waals surface area contributed by atoms with Gasteiger partial charge in [0.2, 0.25) is 0 Å². The molecule has 1 aromatic carbocycles. The van der Waals surface area contributed by atoms with Crippen LogP contribution in [0.4, 0.5) is 0 Å². The van der Waals surface area contributed by atoms with Gasteiger partial charge in [-0.05, 0) is 50.2 Å². The van der Waals surface area contributed by atoms with Crippen LogP contribution in [-0.4, -0.2) is 53.1 Å². The molecular formula is C19H19NO5. The quantitative estimate of drug-likeness (QED) is 0.771. The summed E-state index contributed by atoms with van der Waals surface area (Å²) in [5.74, 6) is -0.118. The Kier molecular flexibility index (Phi) is 2.65. The predicted octanol–water partition coefficient (Wildman–Crippen LogP) is 1.09. The Bertz CT molecular complexity index is 862. The second-order valence-corrected chi connectivity index (χ2v) is 7.49. The number of aromatic hydroxyl groups is 1. The Morgan fingerprint density at radius 1 is 1.44 bits per heavy atom. The molecule has 0 amide bonds. The van der Waals surface area contributed by atoms with Gasteiger partial charge >= 0.3 is 5.97 Å². The Morgan fingerprint density at radius 2 is 2.24 bits per heavy atom. The lowest BCUT2D eigenvalue weighted by Crippen LogP contribution is -2.75. The average molecular weight is 341 g/mol. The lowest BCUT2D eigenvalue weighted by atomic mass is 9.50. The maximum absolute atomic E-state index is 12.7. The van der Waals surface area contributed by atoms with Crippen LogP contribution in [0.5, 0.6) is 11.5 Å². The zero-order valence-electron chi connectivity index (χ0n) is 14.1. The van der Waals surface area contributed by atoms with Crippen molar-refractivity contribution in [2.75, 3.05) is 13.6 Å². The van der Waals surface area contributed by atoms with Crippen LogP contribution >= 0.6 is 0 Å². The van der Waals surface area contributed by atoms with Crippen LogP contribution in [0.25, 0.3) is 0 Å². The number of carbonyl (C=O) groups excluding carboxylic acids is 2. The number of hydrogen-bond donors (Lipinski definition) is 1. The van der Waals surface area contributed by atoms with E-state index in [0.717, 1.165) is 17.7 Å². The van der Waals surface area contributed by atoms with Crippen LogP contribution in [0.3, 0.4) is 0 Å². The fourth-order valence-corrected chi connectivity index (χ4v) is 5.53. The van der Waals surface area contributed by atoms with E-state index in [9.17, 15) is 14.7 Å². The number of likely N-dealkylation sites (N-methyl/N-ethyl adjacent to an activating group) is 1. The number of ketones is 1. The van der Waals surface area contributed by atoms with Gasteiger partial charge in [-0.2, -0.15) is 0 Å². The third-order valence-electron chi connectivity index (χ3n) is 6.42. The van der Waals surface area contributed by atoms with Crippen LogP contribution in [0.2, 0.25) is 0 Å². The summed E-state index contributed by atoms with van der Waals surface area (Å²) in [6.45, 7) is 2.16. The summed E-state index contributed by atoms with van der Waals surface area (Å²) >= 11 is 0. The summed E-state index contributed by atoms with van der Waals surface area (Å²) in [6, 6.07) is 3.44. The summed E-state index contributed by atoms with van der Waals surface area (Å²) in [5, 5.41) is 10.3. The third-order valence-corrected chi connectivity index (χ3v) is 6.42. The van der Waals surface area contributed by atoms with Gasteiger partial charge in [-0.1, -0.05) is 6.07 Å². The maximum Gasteiger partial charge on any atom is 0.303 e. The molecular weight excluding hydrogens is 322 g/mol. The molecule has 2 aliphatic heterocycles. The number of phenolic OH excluding ortho intramolecular Hbond substituents is 1. The molecule has 130 valence electrons. The van der Waals surface area contributed by atoms with Crippen molar-refractivity contribution in [2.45, 2.75) is 42.9 Å². The fourth-order valence-electron chi connectivity index (χ4n) is 5.53. The largest absolute Gasteiger partial charge is 0.504 e. The molecule has 1 aromatic rings. The van der Waals surface area contributed by atoms with Crippen molar-refractivity contribution < 1.29 is 24.2 Å². The SMILES string of the molecule is CC(=O)O[C@@]12C=CC(=O)[C@@H]3Oc4c(O)ccc5c4[C@@]31CCN(C)[C@@H]2C5. The standard InChI is InChI=1S/C19H19NO5/c1-10(21)25-19-6-5-13(23)17-18(19)7-8-20(2)14(19)9-11-3-4-12(22)16(24-17)15(11)18/h3-6,14,17,22H,7-9H2,1-2H3/t14-,17+,18+,19-/m1/s1. The molecule has 0 radical (unpaired) electrons. The lowest BCUT2D eigenvalue weighted by molar-refractivity contribution is -0.188. The van der Waals surface area contributed by atoms with Gasteiger partial charge in [-0.25, -0.2) is 0 Å². The zero-order valence-corrected chi connectivity index (χ0v) is 14.1. The molecule has 0 unspecified atom stereocenters. The van der Waals surface area contributed by atoms with Crippen LogP contribution in [-0.2, 0) is 26.2 Å². The number of piperidine rings is 1. The molecule has 2 aliphatic carbocycles. The number of ether oxygens (including phenoxy) is 2. The molecule has 5 rings (SSSR count). The van der Waals surface area contributed by atoms with Gasteiger partial charge in [0.15, 0.2) is 29.0 Å². The van der Waals surface area contributed by atoms with Gasteiger partial charge in [-0.15, -0.1) is 0 Å². The highest BCUT2D eigenvalue weighted by Gasteiger charge is 2.74. The first-order valence-corrected chi connectivity index (χ1v) is 8.55. The minimum Gasteiger partial charge on any atom is -0.504 e. The molecule has 2 bridgehead atoms. The molecule has 6 nitrogen and oxygen atoms in total. The highest BCUT2D eigenvalue weighted by atomic mass is 16.6. The molecule has 0 saturated carbocycles. The van der Waals surface area contributed by atoms with E-state index in [1.165, 1.54) is 13.0 Å². The Labute approximate surface area is 145 Å². The van der Waals surface area contributed by atoms with Gasteiger partial charge in [0, 0.05) is 12.5 Å². The highest BCUT2D eigenvalue weighted by Crippen LogP contribution is 2.64. The van der Waals surface area contributed by atoms with Crippen molar-refractivity contribution in [3.8, 4) is 11.5 Å². The van der Waals surface area contributed by atoms with Crippen molar-refractivity contribution in [1.82, 2.24) is 4.90 Å². The third kappa shape index (κ3) is 1.50. The normalized spacial score (nSPS) is 37.4. The van der Waals surface area contributed by atoms with E-state index in [4.69, 9.17) is 9.47 Å². The summed E-state index contributed by atoms with van der Waals surface area (Å²) in [5.41, 5.74) is 0.165. The van der Waals surface area contributed by atoms with Gasteiger partial charge in [0.1, 0.15) is 0 Å². The minimum atomic E-state index is -0.962. The highest BCUT2D eigenvalue weighted by molar-refractivity contribution is 5.99. The minimum absolute atomic E-state index is 0.0319. The Balaban J connectivity index is 1.89. The number of esters is 1. The van der Waals surface area contributed by atoms with E-state index >= 15 is 0 Å². The molecule has 1 saturated heterocycles. The van der Waals surface area contributed by atoms with Crippen LogP contribution in [0.1, 0.15) is 24.5 Å². The summed E-state index contributed by atoms with van der Waals surface area (Å²) in [4.78, 5) is 26.9. The molecule has 4 aliphatic rings. The van der Waals surface area contributed by atoms with E-state index in [-0.39, 0.29) is 23.5 Å².